The Hall–Kier alpha value is -2.29. The van der Waals surface area contributed by atoms with Gasteiger partial charge in [-0.1, -0.05) is 11.6 Å². The second-order valence-electron chi connectivity index (χ2n) is 6.43. The van der Waals surface area contributed by atoms with E-state index < -0.39 is 21.7 Å². The van der Waals surface area contributed by atoms with Gasteiger partial charge < -0.3 is 4.90 Å². The molecule has 9 heteroatoms. The van der Waals surface area contributed by atoms with Crippen molar-refractivity contribution in [1.29, 1.82) is 0 Å². The third kappa shape index (κ3) is 3.32. The topological polar surface area (TPSA) is 53.5 Å². The van der Waals surface area contributed by atoms with Gasteiger partial charge in [0.2, 0.25) is 10.0 Å². The summed E-state index contributed by atoms with van der Waals surface area (Å²) < 4.78 is 55.3. The monoisotopic (exact) mass is 423 g/mol. The van der Waals surface area contributed by atoms with Crippen LogP contribution in [0.25, 0.3) is 10.9 Å². The predicted molar refractivity (Wildman–Crippen MR) is 104 cm³/mol. The molecule has 146 valence electrons. The number of nitrogens with zero attached hydrogens (tertiary/aromatic N) is 3. The summed E-state index contributed by atoms with van der Waals surface area (Å²) in [5, 5.41) is 0.569. The summed E-state index contributed by atoms with van der Waals surface area (Å²) in [4.78, 5) is 5.96. The van der Waals surface area contributed by atoms with Gasteiger partial charge in [0.25, 0.3) is 0 Å². The van der Waals surface area contributed by atoms with Crippen LogP contribution in [0.2, 0.25) is 5.02 Å². The minimum atomic E-state index is -3.64. The molecule has 0 radical (unpaired) electrons. The third-order valence-electron chi connectivity index (χ3n) is 4.80. The third-order valence-corrected chi connectivity index (χ3v) is 6.97. The van der Waals surface area contributed by atoms with Gasteiger partial charge >= 0.3 is 0 Å². The van der Waals surface area contributed by atoms with Crippen molar-refractivity contribution in [1.82, 2.24) is 9.29 Å². The van der Waals surface area contributed by atoms with Gasteiger partial charge in [0.05, 0.1) is 16.0 Å². The lowest BCUT2D eigenvalue weighted by atomic mass is 10.1. The maximum absolute atomic E-state index is 14.4. The number of pyridine rings is 1. The molecule has 4 rings (SSSR count). The molecule has 1 saturated heterocycles. The number of rotatable bonds is 3. The van der Waals surface area contributed by atoms with E-state index >= 15 is 0 Å². The first kappa shape index (κ1) is 19.0. The zero-order chi connectivity index (χ0) is 19.9. The fourth-order valence-electron chi connectivity index (χ4n) is 3.37. The van der Waals surface area contributed by atoms with E-state index in [4.69, 9.17) is 11.6 Å². The van der Waals surface area contributed by atoms with Gasteiger partial charge in [-0.2, -0.15) is 4.31 Å². The summed E-state index contributed by atoms with van der Waals surface area (Å²) in [6.45, 7) is 1.15. The van der Waals surface area contributed by atoms with Crippen molar-refractivity contribution in [2.45, 2.75) is 4.90 Å². The van der Waals surface area contributed by atoms with Crippen LogP contribution in [0.4, 0.5) is 14.5 Å². The maximum atomic E-state index is 14.4. The second-order valence-corrected chi connectivity index (χ2v) is 8.80. The number of hydrogen-bond donors (Lipinski definition) is 0. The number of piperazine rings is 1. The van der Waals surface area contributed by atoms with E-state index in [0.717, 1.165) is 12.1 Å². The summed E-state index contributed by atoms with van der Waals surface area (Å²) in [5.74, 6) is -1.15. The van der Waals surface area contributed by atoms with E-state index in [9.17, 15) is 17.2 Å². The molecule has 2 heterocycles. The number of benzene rings is 2. The zero-order valence-corrected chi connectivity index (χ0v) is 16.2. The Balaban J connectivity index is 1.59. The van der Waals surface area contributed by atoms with Crippen molar-refractivity contribution in [2.24, 2.45) is 0 Å². The first-order valence-corrected chi connectivity index (χ1v) is 10.4. The first-order chi connectivity index (χ1) is 13.4. The average molecular weight is 424 g/mol. The molecule has 1 aliphatic rings. The Bertz CT molecular complexity index is 1130. The number of sulfonamides is 1. The van der Waals surface area contributed by atoms with Gasteiger partial charge in [-0.3, -0.25) is 4.98 Å². The van der Waals surface area contributed by atoms with Crippen LogP contribution in [-0.4, -0.2) is 43.9 Å². The molecule has 1 aromatic heterocycles. The molecular weight excluding hydrogens is 408 g/mol. The van der Waals surface area contributed by atoms with E-state index in [1.165, 1.54) is 34.8 Å². The lowest BCUT2D eigenvalue weighted by Crippen LogP contribution is -2.48. The summed E-state index contributed by atoms with van der Waals surface area (Å²) in [6, 6.07) is 9.75. The Morgan fingerprint density at radius 2 is 1.54 bits per heavy atom. The lowest BCUT2D eigenvalue weighted by molar-refractivity contribution is 0.385. The summed E-state index contributed by atoms with van der Waals surface area (Å²) in [6.07, 6.45) is 1.43. The molecule has 0 spiro atoms. The van der Waals surface area contributed by atoms with Gasteiger partial charge in [-0.15, -0.1) is 0 Å². The first-order valence-electron chi connectivity index (χ1n) is 8.61. The van der Waals surface area contributed by atoms with Crippen molar-refractivity contribution in [2.75, 3.05) is 31.1 Å². The van der Waals surface area contributed by atoms with Crippen LogP contribution in [0, 0.1) is 11.6 Å². The van der Waals surface area contributed by atoms with Crippen LogP contribution in [0.5, 0.6) is 0 Å². The molecule has 0 saturated carbocycles. The van der Waals surface area contributed by atoms with Gasteiger partial charge in [0, 0.05) is 37.4 Å². The van der Waals surface area contributed by atoms with Crippen molar-refractivity contribution >= 4 is 38.2 Å². The fourth-order valence-corrected chi connectivity index (χ4v) is 4.91. The van der Waals surface area contributed by atoms with Gasteiger partial charge in [-0.05, 0) is 42.5 Å². The number of hydrogen-bond acceptors (Lipinski definition) is 4. The van der Waals surface area contributed by atoms with Crippen LogP contribution in [0.15, 0.2) is 53.6 Å². The van der Waals surface area contributed by atoms with Crippen molar-refractivity contribution in [3.63, 3.8) is 0 Å². The lowest BCUT2D eigenvalue weighted by Gasteiger charge is -2.35. The second kappa shape index (κ2) is 7.27. The minimum absolute atomic E-state index is 0.0336. The molecule has 1 aliphatic heterocycles. The summed E-state index contributed by atoms with van der Waals surface area (Å²) >= 11 is 5.83. The molecule has 0 aliphatic carbocycles. The molecule has 0 unspecified atom stereocenters. The van der Waals surface area contributed by atoms with Crippen LogP contribution in [0.3, 0.4) is 0 Å². The molecular formula is C19H16ClF2N3O2S. The maximum Gasteiger partial charge on any atom is 0.243 e. The number of halogens is 3. The number of aromatic nitrogens is 1. The van der Waals surface area contributed by atoms with Crippen molar-refractivity contribution in [3.05, 3.63) is 65.3 Å². The Morgan fingerprint density at radius 3 is 2.21 bits per heavy atom. The van der Waals surface area contributed by atoms with Gasteiger partial charge in [0.15, 0.2) is 0 Å². The summed E-state index contributed by atoms with van der Waals surface area (Å²) in [7, 11) is -3.64. The van der Waals surface area contributed by atoms with Gasteiger partial charge in [-0.25, -0.2) is 17.2 Å². The highest BCUT2D eigenvalue weighted by atomic mass is 35.5. The molecule has 3 aromatic rings. The smallest absolute Gasteiger partial charge is 0.243 e. The van der Waals surface area contributed by atoms with Crippen LogP contribution in [0.1, 0.15) is 0 Å². The Kier molecular flexibility index (Phi) is 4.95. The molecule has 28 heavy (non-hydrogen) atoms. The quantitative estimate of drug-likeness (QED) is 0.645. The summed E-state index contributed by atoms with van der Waals surface area (Å²) in [5.41, 5.74) is 0.472. The average Bonchev–Trinajstić information content (AvgIpc) is 2.71. The van der Waals surface area contributed by atoms with Crippen LogP contribution in [-0.2, 0) is 10.0 Å². The highest BCUT2D eigenvalue weighted by Gasteiger charge is 2.29. The fraction of sp³-hybridized carbons (Fsp3) is 0.211. The molecule has 2 aromatic carbocycles. The minimum Gasteiger partial charge on any atom is -0.368 e. The van der Waals surface area contributed by atoms with Crippen molar-refractivity contribution in [3.8, 4) is 0 Å². The predicted octanol–water partition coefficient (Wildman–Crippen LogP) is 3.68. The van der Waals surface area contributed by atoms with E-state index in [-0.39, 0.29) is 28.9 Å². The largest absolute Gasteiger partial charge is 0.368 e. The van der Waals surface area contributed by atoms with Crippen LogP contribution < -0.4 is 4.90 Å². The Morgan fingerprint density at radius 1 is 0.893 bits per heavy atom. The molecule has 0 N–H and O–H groups in total. The van der Waals surface area contributed by atoms with E-state index in [2.05, 4.69) is 4.98 Å². The molecule has 0 amide bonds. The normalized spacial score (nSPS) is 15.9. The van der Waals surface area contributed by atoms with E-state index in [1.54, 1.807) is 6.07 Å². The highest BCUT2D eigenvalue weighted by molar-refractivity contribution is 7.89. The van der Waals surface area contributed by atoms with Gasteiger partial charge in [0.1, 0.15) is 17.2 Å². The Labute approximate surface area is 166 Å². The molecule has 5 nitrogen and oxygen atoms in total. The molecule has 0 atom stereocenters. The van der Waals surface area contributed by atoms with Crippen LogP contribution >= 0.6 is 11.6 Å². The zero-order valence-electron chi connectivity index (χ0n) is 14.6. The van der Waals surface area contributed by atoms with Crippen molar-refractivity contribution < 1.29 is 17.2 Å². The number of fused-ring (bicyclic) bond motifs is 1. The SMILES string of the molecule is O=S(=O)(c1ccc(Cl)cc1)N1CCN(c2ccnc3c(F)ccc(F)c23)CC1. The van der Waals surface area contributed by atoms with E-state index in [1.807, 2.05) is 4.90 Å². The standard InChI is InChI=1S/C19H16ClF2N3O2S/c20-13-1-3-14(4-2-13)28(26,27)25-11-9-24(10-12-25)17-7-8-23-19-16(22)6-5-15(21)18(17)19/h1-8H,9-12H2. The molecule has 0 bridgehead atoms. The highest BCUT2D eigenvalue weighted by Crippen LogP contribution is 2.30. The number of anilines is 1. The van der Waals surface area contributed by atoms with E-state index in [0.29, 0.717) is 23.8 Å². The molecule has 1 fully saturated rings.